The number of hydrogen-bond acceptors (Lipinski definition) is 8. The van der Waals surface area contributed by atoms with Gasteiger partial charge in [-0.2, -0.15) is 0 Å². The number of ether oxygens (including phenoxy) is 2. The smallest absolute Gasteiger partial charge is 0.352 e. The summed E-state index contributed by atoms with van der Waals surface area (Å²) in [6, 6.07) is 13.4. The molecule has 2 amide bonds. The van der Waals surface area contributed by atoms with Crippen molar-refractivity contribution in [3.63, 3.8) is 0 Å². The number of carbonyl (C=O) groups is 3. The number of carbonyl (C=O) groups excluding carboxylic acids is 2. The fourth-order valence-corrected chi connectivity index (χ4v) is 4.81. The lowest BCUT2D eigenvalue weighted by Gasteiger charge is -2.23. The number of methoxy groups -OCH3 is 1. The molecule has 0 radical (unpaired) electrons. The number of para-hydroxylation sites is 1. The van der Waals surface area contributed by atoms with Crippen LogP contribution in [0.15, 0.2) is 54.7 Å². The molecule has 0 aliphatic heterocycles. The van der Waals surface area contributed by atoms with E-state index < -0.39 is 21.9 Å². The van der Waals surface area contributed by atoms with Crippen LogP contribution in [0.4, 0.5) is 5.69 Å². The van der Waals surface area contributed by atoms with E-state index in [1.54, 1.807) is 48.0 Å². The van der Waals surface area contributed by atoms with Gasteiger partial charge in [0.2, 0.25) is 10.0 Å². The summed E-state index contributed by atoms with van der Waals surface area (Å²) in [4.78, 5) is 38.5. The molecule has 2 aromatic carbocycles. The summed E-state index contributed by atoms with van der Waals surface area (Å²) in [6.45, 7) is 5.84. The minimum absolute atomic E-state index is 0.121. The number of anilines is 1. The molecule has 5 N–H and O–H groups in total. The van der Waals surface area contributed by atoms with Crippen LogP contribution in [0, 0.1) is 0 Å². The fourth-order valence-electron chi connectivity index (χ4n) is 4.26. The lowest BCUT2D eigenvalue weighted by Crippen LogP contribution is -2.19. The molecule has 13 nitrogen and oxygen atoms in total. The zero-order valence-corrected chi connectivity index (χ0v) is 26.2. The van der Waals surface area contributed by atoms with Crippen LogP contribution in [0.1, 0.15) is 57.7 Å². The maximum absolute atomic E-state index is 11.7. The minimum Gasteiger partial charge on any atom is -0.494 e. The Labute approximate surface area is 255 Å². The van der Waals surface area contributed by atoms with Gasteiger partial charge in [-0.05, 0) is 41.3 Å². The maximum atomic E-state index is 11.7. The van der Waals surface area contributed by atoms with Crippen molar-refractivity contribution in [1.29, 1.82) is 0 Å². The van der Waals surface area contributed by atoms with Crippen LogP contribution in [-0.4, -0.2) is 61.3 Å². The molecule has 2 heterocycles. The van der Waals surface area contributed by atoms with Crippen molar-refractivity contribution in [2.75, 3.05) is 25.1 Å². The predicted molar refractivity (Wildman–Crippen MR) is 166 cm³/mol. The molecule has 0 atom stereocenters. The van der Waals surface area contributed by atoms with E-state index in [0.29, 0.717) is 17.0 Å². The molecule has 44 heavy (non-hydrogen) atoms. The van der Waals surface area contributed by atoms with Crippen LogP contribution in [0.25, 0.3) is 10.9 Å². The molecular formula is C30H35N5O8S. The van der Waals surface area contributed by atoms with Gasteiger partial charge in [-0.3, -0.25) is 19.3 Å². The third-order valence-electron chi connectivity index (χ3n) is 6.38. The Morgan fingerprint density at radius 3 is 2.30 bits per heavy atom. The Balaban J connectivity index is 0.000000245. The summed E-state index contributed by atoms with van der Waals surface area (Å²) in [5.41, 5.74) is 7.26. The first-order chi connectivity index (χ1) is 20.5. The highest BCUT2D eigenvalue weighted by Crippen LogP contribution is 2.36. The summed E-state index contributed by atoms with van der Waals surface area (Å²) < 4.78 is 37.8. The van der Waals surface area contributed by atoms with Gasteiger partial charge in [0, 0.05) is 31.7 Å². The van der Waals surface area contributed by atoms with Crippen molar-refractivity contribution >= 4 is 44.4 Å². The molecule has 0 aliphatic rings. The van der Waals surface area contributed by atoms with Crippen LogP contribution in [-0.2, 0) is 22.5 Å². The van der Waals surface area contributed by atoms with Gasteiger partial charge in [0.15, 0.2) is 11.5 Å². The maximum Gasteiger partial charge on any atom is 0.352 e. The SMILES string of the molecule is CNC(=O)c1cc(Oc2cccc3cc(C(=O)O)n(C)c23)ccn1.COc1c(NS(C)(=O)=O)cc(C(C)(C)C)cc1C(N)=O. The topological polar surface area (TPSA) is 192 Å². The molecular weight excluding hydrogens is 590 g/mol. The number of carboxylic acid groups (broad SMARTS) is 1. The number of pyridine rings is 1. The van der Waals surface area contributed by atoms with E-state index in [0.717, 1.165) is 17.2 Å². The number of fused-ring (bicyclic) bond motifs is 1. The van der Waals surface area contributed by atoms with Crippen molar-refractivity contribution in [1.82, 2.24) is 14.9 Å². The quantitative estimate of drug-likeness (QED) is 0.225. The van der Waals surface area contributed by atoms with E-state index in [1.807, 2.05) is 26.8 Å². The molecule has 14 heteroatoms. The van der Waals surface area contributed by atoms with E-state index in [-0.39, 0.29) is 39.7 Å². The second kappa shape index (κ2) is 13.0. The molecule has 2 aromatic heterocycles. The molecule has 0 saturated heterocycles. The zero-order valence-electron chi connectivity index (χ0n) is 25.4. The van der Waals surface area contributed by atoms with Crippen molar-refractivity contribution in [2.24, 2.45) is 12.8 Å². The molecule has 0 bridgehead atoms. The Kier molecular flexibility index (Phi) is 9.89. The summed E-state index contributed by atoms with van der Waals surface area (Å²) in [7, 11) is 1.05. The number of nitrogens with two attached hydrogens (primary N) is 1. The van der Waals surface area contributed by atoms with Gasteiger partial charge < -0.3 is 30.2 Å². The number of aromatic nitrogens is 2. The molecule has 0 spiro atoms. The molecule has 0 fully saturated rings. The van der Waals surface area contributed by atoms with Crippen LogP contribution in [0.5, 0.6) is 17.2 Å². The Morgan fingerprint density at radius 2 is 1.75 bits per heavy atom. The molecule has 0 aliphatic carbocycles. The molecule has 0 saturated carbocycles. The fraction of sp³-hybridized carbons (Fsp3) is 0.267. The van der Waals surface area contributed by atoms with Gasteiger partial charge in [0.25, 0.3) is 11.8 Å². The highest BCUT2D eigenvalue weighted by molar-refractivity contribution is 7.92. The van der Waals surface area contributed by atoms with E-state index in [1.165, 1.54) is 26.4 Å². The largest absolute Gasteiger partial charge is 0.494 e. The number of rotatable bonds is 8. The lowest BCUT2D eigenvalue weighted by atomic mass is 9.85. The van der Waals surface area contributed by atoms with E-state index >= 15 is 0 Å². The molecule has 4 aromatic rings. The number of nitrogens with one attached hydrogen (secondary N) is 2. The highest BCUT2D eigenvalue weighted by Gasteiger charge is 2.23. The zero-order chi connectivity index (χ0) is 33.0. The first-order valence-electron chi connectivity index (χ1n) is 13.1. The Hall–Kier alpha value is -5.11. The summed E-state index contributed by atoms with van der Waals surface area (Å²) >= 11 is 0. The van der Waals surface area contributed by atoms with Crippen LogP contribution in [0.2, 0.25) is 0 Å². The van der Waals surface area contributed by atoms with Gasteiger partial charge in [0.05, 0.1) is 30.1 Å². The Morgan fingerprint density at radius 1 is 1.07 bits per heavy atom. The predicted octanol–water partition coefficient (Wildman–Crippen LogP) is 3.89. The Bertz CT molecular complexity index is 1840. The van der Waals surface area contributed by atoms with E-state index in [9.17, 15) is 27.9 Å². The number of carboxylic acids is 1. The average molecular weight is 626 g/mol. The number of sulfonamides is 1. The van der Waals surface area contributed by atoms with Gasteiger partial charge >= 0.3 is 5.97 Å². The van der Waals surface area contributed by atoms with E-state index in [2.05, 4.69) is 15.0 Å². The van der Waals surface area contributed by atoms with Crippen molar-refractivity contribution < 1.29 is 37.4 Å². The number of nitrogens with zero attached hydrogens (tertiary/aromatic N) is 2. The summed E-state index contributed by atoms with van der Waals surface area (Å²) in [6.07, 6.45) is 2.51. The standard InChI is InChI=1S/C17H15N3O4.C13H20N2O4S/c1-18-16(21)12-9-11(6-7-19-12)24-14-5-3-4-10-8-13(17(22)23)20(2)15(10)14;1-13(2,3)8-6-9(12(14)16)11(19-4)10(7-8)15-20(5,17)18/h3-9H,1-2H3,(H,18,21)(H,22,23);6-7,15H,1-5H3,(H2,14,16). The van der Waals surface area contributed by atoms with Gasteiger partial charge in [0.1, 0.15) is 17.1 Å². The third kappa shape index (κ3) is 7.83. The van der Waals surface area contributed by atoms with Gasteiger partial charge in [-0.15, -0.1) is 0 Å². The summed E-state index contributed by atoms with van der Waals surface area (Å²) in [5.74, 6) is -0.942. The first-order valence-corrected chi connectivity index (χ1v) is 15.0. The van der Waals surface area contributed by atoms with Crippen molar-refractivity contribution in [2.45, 2.75) is 26.2 Å². The van der Waals surface area contributed by atoms with E-state index in [4.69, 9.17) is 15.2 Å². The number of benzene rings is 2. The number of amides is 2. The number of aromatic carboxylic acids is 1. The number of primary amides is 1. The second-order valence-electron chi connectivity index (χ2n) is 10.7. The average Bonchev–Trinajstić information content (AvgIpc) is 3.28. The molecule has 4 rings (SSSR count). The monoisotopic (exact) mass is 625 g/mol. The van der Waals surface area contributed by atoms with Crippen LogP contribution < -0.4 is 25.2 Å². The molecule has 0 unspecified atom stereocenters. The highest BCUT2D eigenvalue weighted by atomic mass is 32.2. The third-order valence-corrected chi connectivity index (χ3v) is 6.97. The second-order valence-corrected chi connectivity index (χ2v) is 12.5. The van der Waals surface area contributed by atoms with Gasteiger partial charge in [-0.1, -0.05) is 32.9 Å². The van der Waals surface area contributed by atoms with Gasteiger partial charge in [-0.25, -0.2) is 13.2 Å². The van der Waals surface area contributed by atoms with Crippen LogP contribution >= 0.6 is 0 Å². The normalized spacial score (nSPS) is 11.2. The lowest BCUT2D eigenvalue weighted by molar-refractivity contribution is 0.0686. The van der Waals surface area contributed by atoms with Crippen molar-refractivity contribution in [3.05, 3.63) is 77.2 Å². The first kappa shape index (κ1) is 33.4. The van der Waals surface area contributed by atoms with Crippen LogP contribution in [0.3, 0.4) is 0 Å². The van der Waals surface area contributed by atoms with Crippen molar-refractivity contribution in [3.8, 4) is 17.2 Å². The molecule has 234 valence electrons. The summed E-state index contributed by atoms with van der Waals surface area (Å²) in [5, 5.41) is 12.5. The number of hydrogen-bond donors (Lipinski definition) is 4. The minimum atomic E-state index is -3.50. The number of aryl methyl sites for hydroxylation is 1.